The van der Waals surface area contributed by atoms with Gasteiger partial charge in [-0.1, -0.05) is 6.07 Å². The second kappa shape index (κ2) is 6.20. The van der Waals surface area contributed by atoms with Gasteiger partial charge in [0.15, 0.2) is 0 Å². The van der Waals surface area contributed by atoms with E-state index in [2.05, 4.69) is 5.32 Å². The Hall–Kier alpha value is -2.69. The van der Waals surface area contributed by atoms with Gasteiger partial charge in [0.25, 0.3) is 5.91 Å². The Morgan fingerprint density at radius 2 is 2.22 bits per heavy atom. The van der Waals surface area contributed by atoms with Crippen LogP contribution in [0, 0.1) is 0 Å². The molecule has 0 fully saturated rings. The Balaban J connectivity index is 1.89. The third-order valence-corrected chi connectivity index (χ3v) is 3.70. The van der Waals surface area contributed by atoms with Crippen LogP contribution in [-0.4, -0.2) is 18.6 Å². The first kappa shape index (κ1) is 15.2. The van der Waals surface area contributed by atoms with Gasteiger partial charge in [0.2, 0.25) is 0 Å². The van der Waals surface area contributed by atoms with E-state index >= 15 is 0 Å². The van der Waals surface area contributed by atoms with Gasteiger partial charge >= 0.3 is 0 Å². The molecule has 0 saturated heterocycles. The molecular formula is C18H20N2O3. The molecular weight excluding hydrogens is 292 g/mol. The van der Waals surface area contributed by atoms with Crippen LogP contribution in [0.1, 0.15) is 29.8 Å². The zero-order valence-electron chi connectivity index (χ0n) is 13.3. The zero-order chi connectivity index (χ0) is 16.4. The maximum absolute atomic E-state index is 12.4. The largest absolute Gasteiger partial charge is 0.492 e. The van der Waals surface area contributed by atoms with Crippen LogP contribution in [0.2, 0.25) is 0 Å². The topological polar surface area (TPSA) is 73.6 Å². The number of amides is 1. The fourth-order valence-electron chi connectivity index (χ4n) is 2.69. The van der Waals surface area contributed by atoms with E-state index < -0.39 is 0 Å². The minimum Gasteiger partial charge on any atom is -0.492 e. The van der Waals surface area contributed by atoms with Crippen LogP contribution in [0.25, 0.3) is 0 Å². The lowest BCUT2D eigenvalue weighted by Crippen LogP contribution is -2.13. The van der Waals surface area contributed by atoms with Crippen molar-refractivity contribution in [3.8, 4) is 11.5 Å². The Morgan fingerprint density at radius 3 is 2.96 bits per heavy atom. The minimum absolute atomic E-state index is 0.138. The molecule has 1 atom stereocenters. The van der Waals surface area contributed by atoms with E-state index in [9.17, 15) is 4.79 Å². The van der Waals surface area contributed by atoms with Crippen molar-refractivity contribution in [3.05, 3.63) is 47.5 Å². The van der Waals surface area contributed by atoms with Gasteiger partial charge in [-0.05, 0) is 38.1 Å². The van der Waals surface area contributed by atoms with Crippen LogP contribution in [0.5, 0.6) is 11.5 Å². The number of rotatable bonds is 4. The third kappa shape index (κ3) is 3.23. The van der Waals surface area contributed by atoms with E-state index in [4.69, 9.17) is 15.2 Å². The highest BCUT2D eigenvalue weighted by molar-refractivity contribution is 6.05. The van der Waals surface area contributed by atoms with Crippen molar-refractivity contribution in [2.24, 2.45) is 0 Å². The summed E-state index contributed by atoms with van der Waals surface area (Å²) in [6, 6.07) is 10.6. The number of benzene rings is 2. The molecule has 1 aliphatic rings. The number of anilines is 2. The van der Waals surface area contributed by atoms with Gasteiger partial charge in [-0.3, -0.25) is 4.79 Å². The Morgan fingerprint density at radius 1 is 1.39 bits per heavy atom. The van der Waals surface area contributed by atoms with Crippen LogP contribution in [0.15, 0.2) is 36.4 Å². The lowest BCUT2D eigenvalue weighted by molar-refractivity contribution is 0.102. The number of nitrogens with one attached hydrogen (secondary N) is 1. The fourth-order valence-corrected chi connectivity index (χ4v) is 2.69. The average molecular weight is 312 g/mol. The predicted molar refractivity (Wildman–Crippen MR) is 90.2 cm³/mol. The van der Waals surface area contributed by atoms with E-state index in [1.54, 1.807) is 24.3 Å². The molecule has 0 radical (unpaired) electrons. The number of hydrogen-bond donors (Lipinski definition) is 2. The second-order valence-corrected chi connectivity index (χ2v) is 5.60. The minimum atomic E-state index is -0.232. The molecule has 0 bridgehead atoms. The second-order valence-electron chi connectivity index (χ2n) is 5.60. The van der Waals surface area contributed by atoms with Gasteiger partial charge in [0, 0.05) is 29.3 Å². The van der Waals surface area contributed by atoms with Crippen LogP contribution in [-0.2, 0) is 6.42 Å². The number of hydrogen-bond acceptors (Lipinski definition) is 4. The SMILES string of the molecule is CCOc1cc2c(cc1NC(=O)c1cccc(N)c1)OC(C)C2. The molecule has 0 aromatic heterocycles. The summed E-state index contributed by atoms with van der Waals surface area (Å²) >= 11 is 0. The summed E-state index contributed by atoms with van der Waals surface area (Å²) in [7, 11) is 0. The summed E-state index contributed by atoms with van der Waals surface area (Å²) in [4.78, 5) is 12.4. The standard InChI is InChI=1S/C18H20N2O3/c1-3-22-17-9-13-7-11(2)23-16(13)10-15(17)20-18(21)12-5-4-6-14(19)8-12/h4-6,8-11H,3,7,19H2,1-2H3,(H,20,21). The van der Waals surface area contributed by atoms with Crippen molar-refractivity contribution in [2.75, 3.05) is 17.7 Å². The highest BCUT2D eigenvalue weighted by atomic mass is 16.5. The van der Waals surface area contributed by atoms with Gasteiger partial charge in [-0.15, -0.1) is 0 Å². The van der Waals surface area contributed by atoms with Crippen molar-refractivity contribution < 1.29 is 14.3 Å². The van der Waals surface area contributed by atoms with Crippen LogP contribution in [0.4, 0.5) is 11.4 Å². The molecule has 0 spiro atoms. The van der Waals surface area contributed by atoms with Crippen molar-refractivity contribution in [1.82, 2.24) is 0 Å². The zero-order valence-corrected chi connectivity index (χ0v) is 13.3. The summed E-state index contributed by atoms with van der Waals surface area (Å²) < 4.78 is 11.4. The van der Waals surface area contributed by atoms with Crippen LogP contribution >= 0.6 is 0 Å². The molecule has 0 saturated carbocycles. The number of ether oxygens (including phenoxy) is 2. The number of nitrogen functional groups attached to an aromatic ring is 1. The summed E-state index contributed by atoms with van der Waals surface area (Å²) in [6.45, 7) is 4.46. The number of fused-ring (bicyclic) bond motifs is 1. The number of nitrogens with two attached hydrogens (primary N) is 1. The molecule has 120 valence electrons. The highest BCUT2D eigenvalue weighted by Gasteiger charge is 2.22. The molecule has 5 nitrogen and oxygen atoms in total. The lowest BCUT2D eigenvalue weighted by atomic mass is 10.1. The Labute approximate surface area is 135 Å². The first-order chi connectivity index (χ1) is 11.1. The maximum atomic E-state index is 12.4. The van der Waals surface area contributed by atoms with Gasteiger partial charge in [-0.2, -0.15) is 0 Å². The molecule has 0 aliphatic carbocycles. The summed E-state index contributed by atoms with van der Waals surface area (Å²) in [6.07, 6.45) is 0.984. The molecule has 23 heavy (non-hydrogen) atoms. The van der Waals surface area contributed by atoms with Gasteiger partial charge in [-0.25, -0.2) is 0 Å². The van der Waals surface area contributed by atoms with Crippen molar-refractivity contribution in [1.29, 1.82) is 0 Å². The van der Waals surface area contributed by atoms with E-state index in [1.165, 1.54) is 0 Å². The molecule has 2 aromatic rings. The maximum Gasteiger partial charge on any atom is 0.255 e. The number of carbonyl (C=O) groups excluding carboxylic acids is 1. The smallest absolute Gasteiger partial charge is 0.255 e. The predicted octanol–water partition coefficient (Wildman–Crippen LogP) is 3.24. The molecule has 5 heteroatoms. The molecule has 3 N–H and O–H groups in total. The first-order valence-electron chi connectivity index (χ1n) is 7.70. The summed E-state index contributed by atoms with van der Waals surface area (Å²) in [5, 5.41) is 2.88. The van der Waals surface area contributed by atoms with Crippen molar-refractivity contribution in [3.63, 3.8) is 0 Å². The first-order valence-corrected chi connectivity index (χ1v) is 7.70. The van der Waals surface area contributed by atoms with Crippen LogP contribution in [0.3, 0.4) is 0 Å². The monoisotopic (exact) mass is 312 g/mol. The molecule has 1 heterocycles. The third-order valence-electron chi connectivity index (χ3n) is 3.70. The van der Waals surface area contributed by atoms with Crippen LogP contribution < -0.4 is 20.5 Å². The highest BCUT2D eigenvalue weighted by Crippen LogP contribution is 2.38. The summed E-state index contributed by atoms with van der Waals surface area (Å²) in [5.41, 5.74) is 8.49. The average Bonchev–Trinajstić information content (AvgIpc) is 2.87. The quantitative estimate of drug-likeness (QED) is 0.850. The van der Waals surface area contributed by atoms with Crippen molar-refractivity contribution >= 4 is 17.3 Å². The van der Waals surface area contributed by atoms with E-state index in [0.717, 1.165) is 17.7 Å². The van der Waals surface area contributed by atoms with E-state index in [-0.39, 0.29) is 12.0 Å². The lowest BCUT2D eigenvalue weighted by Gasteiger charge is -2.13. The molecule has 1 aliphatic heterocycles. The molecule has 1 amide bonds. The molecule has 2 aromatic carbocycles. The number of carbonyl (C=O) groups is 1. The summed E-state index contributed by atoms with van der Waals surface area (Å²) in [5.74, 6) is 1.22. The van der Waals surface area contributed by atoms with Crippen molar-refractivity contribution in [2.45, 2.75) is 26.4 Å². The van der Waals surface area contributed by atoms with E-state index in [1.807, 2.05) is 26.0 Å². The van der Waals surface area contributed by atoms with Gasteiger partial charge in [0.1, 0.15) is 17.6 Å². The molecule has 3 rings (SSSR count). The fraction of sp³-hybridized carbons (Fsp3) is 0.278. The van der Waals surface area contributed by atoms with Gasteiger partial charge in [0.05, 0.1) is 12.3 Å². The van der Waals surface area contributed by atoms with Gasteiger partial charge < -0.3 is 20.5 Å². The normalized spacial score (nSPS) is 15.7. The van der Waals surface area contributed by atoms with E-state index in [0.29, 0.717) is 29.3 Å². The molecule has 1 unspecified atom stereocenters. The Kier molecular flexibility index (Phi) is 4.10. The Bertz CT molecular complexity index is 743.